The molecule has 0 aliphatic heterocycles. The minimum absolute atomic E-state index is 0.0571. The van der Waals surface area contributed by atoms with Crippen LogP contribution in [0.25, 0.3) is 0 Å². The van der Waals surface area contributed by atoms with Crippen LogP contribution in [0, 0.1) is 11.8 Å². The van der Waals surface area contributed by atoms with Crippen molar-refractivity contribution in [3.8, 4) is 0 Å². The number of carboxylic acid groups (broad SMARTS) is 1. The van der Waals surface area contributed by atoms with Crippen LogP contribution in [-0.4, -0.2) is 41.3 Å². The Labute approximate surface area is 184 Å². The molecule has 0 bridgehead atoms. The number of hydrogen-bond donors (Lipinski definition) is 1. The Balaban J connectivity index is 2.32. The van der Waals surface area contributed by atoms with Crippen LogP contribution in [0.4, 0.5) is 26.3 Å². The van der Waals surface area contributed by atoms with Crippen LogP contribution >= 0.6 is 0 Å². The first kappa shape index (κ1) is 26.5. The monoisotopic (exact) mass is 467 g/mol. The Bertz CT molecular complexity index is 729. The normalized spacial score (nSPS) is 22.5. The quantitative estimate of drug-likeness (QED) is 0.409. The number of halogens is 6. The van der Waals surface area contributed by atoms with Crippen molar-refractivity contribution < 1.29 is 36.2 Å². The molecule has 0 spiro atoms. The lowest BCUT2D eigenvalue weighted by Gasteiger charge is -2.43. The van der Waals surface area contributed by atoms with Crippen molar-refractivity contribution in [1.29, 1.82) is 0 Å². The summed E-state index contributed by atoms with van der Waals surface area (Å²) in [4.78, 5) is 13.0. The number of benzene rings is 1. The summed E-state index contributed by atoms with van der Waals surface area (Å²) in [6, 6.07) is 4.46. The van der Waals surface area contributed by atoms with Crippen molar-refractivity contribution in [2.45, 2.75) is 76.7 Å². The van der Waals surface area contributed by atoms with E-state index in [1.165, 1.54) is 12.1 Å². The van der Waals surface area contributed by atoms with Crippen molar-refractivity contribution in [2.75, 3.05) is 13.1 Å². The number of rotatable bonds is 9. The molecule has 9 heteroatoms. The molecule has 1 N–H and O–H groups in total. The SMILES string of the molecule is CC(C)CCN(CCC(F)(F)F)[C@@H]1CC[C@@H](CC(=O)O)C[C@H]1c1ccc(C(F)(F)F)cc1. The minimum atomic E-state index is -4.48. The topological polar surface area (TPSA) is 40.5 Å². The summed E-state index contributed by atoms with van der Waals surface area (Å²) in [7, 11) is 0. The maximum absolute atomic E-state index is 13.0. The molecule has 3 nitrogen and oxygen atoms in total. The van der Waals surface area contributed by atoms with Gasteiger partial charge >= 0.3 is 18.3 Å². The van der Waals surface area contributed by atoms with Gasteiger partial charge in [-0.2, -0.15) is 26.3 Å². The molecule has 1 aliphatic rings. The van der Waals surface area contributed by atoms with E-state index in [9.17, 15) is 36.2 Å². The lowest BCUT2D eigenvalue weighted by atomic mass is 9.73. The van der Waals surface area contributed by atoms with E-state index >= 15 is 0 Å². The third kappa shape index (κ3) is 8.30. The number of carbonyl (C=O) groups is 1. The van der Waals surface area contributed by atoms with Crippen molar-refractivity contribution in [3.05, 3.63) is 35.4 Å². The largest absolute Gasteiger partial charge is 0.481 e. The fraction of sp³-hybridized carbons (Fsp3) is 0.696. The maximum atomic E-state index is 13.0. The highest BCUT2D eigenvalue weighted by atomic mass is 19.4. The standard InChI is InChI=1S/C23H31F6NO2/c1-15(2)9-11-30(12-10-22(24,25)26)20-8-3-16(14-21(31)32)13-19(20)17-4-6-18(7-5-17)23(27,28)29/h4-7,15-16,19-20H,3,8-14H2,1-2H3,(H,31,32)/t16-,19+,20-/m1/s1. The first-order valence-corrected chi connectivity index (χ1v) is 11.0. The molecule has 0 unspecified atom stereocenters. The first-order valence-electron chi connectivity index (χ1n) is 11.0. The predicted octanol–water partition coefficient (Wildman–Crippen LogP) is 6.73. The molecule has 3 atom stereocenters. The van der Waals surface area contributed by atoms with Gasteiger partial charge in [-0.3, -0.25) is 9.69 Å². The summed E-state index contributed by atoms with van der Waals surface area (Å²) in [6.45, 7) is 4.25. The van der Waals surface area contributed by atoms with Crippen LogP contribution in [0.2, 0.25) is 0 Å². The molecular weight excluding hydrogens is 436 g/mol. The van der Waals surface area contributed by atoms with Crippen LogP contribution in [0.1, 0.15) is 69.4 Å². The van der Waals surface area contributed by atoms with Crippen LogP contribution in [0.3, 0.4) is 0 Å². The lowest BCUT2D eigenvalue weighted by molar-refractivity contribution is -0.141. The molecular formula is C23H31F6NO2. The summed E-state index contributed by atoms with van der Waals surface area (Å²) >= 11 is 0. The second-order valence-corrected chi connectivity index (χ2v) is 9.15. The third-order valence-corrected chi connectivity index (χ3v) is 6.20. The van der Waals surface area contributed by atoms with E-state index in [1.54, 1.807) is 0 Å². The van der Waals surface area contributed by atoms with E-state index in [4.69, 9.17) is 0 Å². The van der Waals surface area contributed by atoms with Gasteiger partial charge in [-0.15, -0.1) is 0 Å². The Morgan fingerprint density at radius 2 is 1.69 bits per heavy atom. The van der Waals surface area contributed by atoms with E-state index < -0.39 is 30.3 Å². The summed E-state index contributed by atoms with van der Waals surface area (Å²) in [5.74, 6) is -1.15. The van der Waals surface area contributed by atoms with Gasteiger partial charge in [0.15, 0.2) is 0 Å². The van der Waals surface area contributed by atoms with Crippen molar-refractivity contribution in [2.24, 2.45) is 11.8 Å². The van der Waals surface area contributed by atoms with Crippen molar-refractivity contribution in [3.63, 3.8) is 0 Å². The van der Waals surface area contributed by atoms with E-state index in [0.29, 0.717) is 37.8 Å². The van der Waals surface area contributed by atoms with E-state index in [2.05, 4.69) is 0 Å². The lowest BCUT2D eigenvalue weighted by Crippen LogP contribution is -2.45. The number of carboxylic acids is 1. The van der Waals surface area contributed by atoms with E-state index in [1.807, 2.05) is 18.7 Å². The second-order valence-electron chi connectivity index (χ2n) is 9.15. The summed E-state index contributed by atoms with van der Waals surface area (Å²) in [6.07, 6.45) is -7.60. The molecule has 1 fully saturated rings. The van der Waals surface area contributed by atoms with Crippen LogP contribution in [-0.2, 0) is 11.0 Å². The van der Waals surface area contributed by atoms with Gasteiger partial charge in [0.1, 0.15) is 0 Å². The highest BCUT2D eigenvalue weighted by Crippen LogP contribution is 2.42. The number of aliphatic carboxylic acids is 1. The molecule has 1 aromatic carbocycles. The fourth-order valence-corrected chi connectivity index (χ4v) is 4.53. The molecule has 182 valence electrons. The molecule has 0 amide bonds. The average Bonchev–Trinajstić information content (AvgIpc) is 2.66. The Morgan fingerprint density at radius 3 is 2.19 bits per heavy atom. The van der Waals surface area contributed by atoms with Gasteiger partial charge in [-0.1, -0.05) is 26.0 Å². The van der Waals surface area contributed by atoms with Gasteiger partial charge < -0.3 is 5.11 Å². The van der Waals surface area contributed by atoms with Gasteiger partial charge in [0.2, 0.25) is 0 Å². The van der Waals surface area contributed by atoms with E-state index in [-0.39, 0.29) is 36.8 Å². The van der Waals surface area contributed by atoms with Gasteiger partial charge in [0, 0.05) is 19.0 Å². The minimum Gasteiger partial charge on any atom is -0.481 e. The average molecular weight is 467 g/mol. The van der Waals surface area contributed by atoms with Crippen LogP contribution in [0.15, 0.2) is 24.3 Å². The third-order valence-electron chi connectivity index (χ3n) is 6.20. The van der Waals surface area contributed by atoms with Crippen molar-refractivity contribution >= 4 is 5.97 Å². The van der Waals surface area contributed by atoms with Crippen molar-refractivity contribution in [1.82, 2.24) is 4.90 Å². The Hall–Kier alpha value is -1.77. The van der Waals surface area contributed by atoms with E-state index in [0.717, 1.165) is 12.1 Å². The molecule has 0 heterocycles. The highest BCUT2D eigenvalue weighted by Gasteiger charge is 2.38. The Kier molecular flexibility index (Phi) is 9.02. The highest BCUT2D eigenvalue weighted by molar-refractivity contribution is 5.67. The first-order chi connectivity index (χ1) is 14.8. The molecule has 1 aromatic rings. The summed E-state index contributed by atoms with van der Waals surface area (Å²) < 4.78 is 77.8. The van der Waals surface area contributed by atoms with Gasteiger partial charge in [0.05, 0.1) is 12.0 Å². The molecule has 0 radical (unpaired) electrons. The summed E-state index contributed by atoms with van der Waals surface area (Å²) in [5, 5.41) is 9.18. The molecule has 1 aliphatic carbocycles. The molecule has 32 heavy (non-hydrogen) atoms. The van der Waals surface area contributed by atoms with Crippen LogP contribution < -0.4 is 0 Å². The van der Waals surface area contributed by atoms with Crippen LogP contribution in [0.5, 0.6) is 0 Å². The predicted molar refractivity (Wildman–Crippen MR) is 109 cm³/mol. The second kappa shape index (κ2) is 10.9. The number of alkyl halides is 6. The molecule has 0 aromatic heterocycles. The molecule has 1 saturated carbocycles. The maximum Gasteiger partial charge on any atom is 0.416 e. The smallest absolute Gasteiger partial charge is 0.416 e. The number of nitrogens with zero attached hydrogens (tertiary/aromatic N) is 1. The van der Waals surface area contributed by atoms with Gasteiger partial charge in [0.25, 0.3) is 0 Å². The summed E-state index contributed by atoms with van der Waals surface area (Å²) in [5.41, 5.74) is -0.177. The fourth-order valence-electron chi connectivity index (χ4n) is 4.53. The Morgan fingerprint density at radius 1 is 1.06 bits per heavy atom. The van der Waals surface area contributed by atoms with Gasteiger partial charge in [-0.25, -0.2) is 0 Å². The zero-order valence-electron chi connectivity index (χ0n) is 18.3. The zero-order valence-corrected chi connectivity index (χ0v) is 18.3. The molecule has 2 rings (SSSR count). The molecule has 0 saturated heterocycles. The zero-order chi connectivity index (χ0) is 24.1. The number of hydrogen-bond acceptors (Lipinski definition) is 2. The van der Waals surface area contributed by atoms with Gasteiger partial charge in [-0.05, 0) is 67.7 Å².